The summed E-state index contributed by atoms with van der Waals surface area (Å²) in [6.45, 7) is 0. The monoisotopic (exact) mass is 315 g/mol. The summed E-state index contributed by atoms with van der Waals surface area (Å²) >= 11 is 9.18. The Labute approximate surface area is 110 Å². The number of aliphatic imine (C=N–C) groups is 1. The fourth-order valence-electron chi connectivity index (χ4n) is 1.13. The molecule has 17 heavy (non-hydrogen) atoms. The van der Waals surface area contributed by atoms with Crippen molar-refractivity contribution in [1.82, 2.24) is 10.3 Å². The lowest BCUT2D eigenvalue weighted by molar-refractivity contribution is 0.308. The average Bonchev–Trinajstić information content (AvgIpc) is 2.70. The maximum Gasteiger partial charge on any atom is 0.199 e. The van der Waals surface area contributed by atoms with Crippen LogP contribution in [0.5, 0.6) is 0 Å². The number of anilines is 1. The van der Waals surface area contributed by atoms with Crippen LogP contribution >= 0.6 is 27.5 Å². The SMILES string of the molecule is NC(=Nc1cc(Cl)ccc1Br)c1nonc1N. The lowest BCUT2D eigenvalue weighted by Gasteiger charge is -2.00. The molecule has 4 N–H and O–H groups in total. The van der Waals surface area contributed by atoms with E-state index in [0.717, 1.165) is 4.47 Å². The van der Waals surface area contributed by atoms with E-state index in [1.54, 1.807) is 18.2 Å². The van der Waals surface area contributed by atoms with E-state index < -0.39 is 0 Å². The van der Waals surface area contributed by atoms with Crippen molar-refractivity contribution in [3.63, 3.8) is 0 Å². The van der Waals surface area contributed by atoms with Gasteiger partial charge in [0, 0.05) is 9.50 Å². The minimum Gasteiger partial charge on any atom is -0.382 e. The van der Waals surface area contributed by atoms with Gasteiger partial charge in [-0.15, -0.1) is 0 Å². The molecule has 0 atom stereocenters. The van der Waals surface area contributed by atoms with E-state index in [0.29, 0.717) is 10.7 Å². The van der Waals surface area contributed by atoms with Gasteiger partial charge in [0.05, 0.1) is 5.69 Å². The van der Waals surface area contributed by atoms with Crippen LogP contribution in [0.25, 0.3) is 0 Å². The van der Waals surface area contributed by atoms with Crippen molar-refractivity contribution >= 4 is 44.9 Å². The Bertz CT molecular complexity index is 583. The van der Waals surface area contributed by atoms with Gasteiger partial charge in [-0.25, -0.2) is 9.62 Å². The number of rotatable bonds is 2. The van der Waals surface area contributed by atoms with Crippen molar-refractivity contribution in [2.75, 3.05) is 5.73 Å². The molecule has 0 aliphatic carbocycles. The smallest absolute Gasteiger partial charge is 0.199 e. The summed E-state index contributed by atoms with van der Waals surface area (Å²) in [4.78, 5) is 4.14. The van der Waals surface area contributed by atoms with Gasteiger partial charge in [-0.3, -0.25) is 0 Å². The van der Waals surface area contributed by atoms with E-state index in [1.165, 1.54) is 0 Å². The van der Waals surface area contributed by atoms with E-state index in [2.05, 4.69) is 35.9 Å². The largest absolute Gasteiger partial charge is 0.382 e. The van der Waals surface area contributed by atoms with Gasteiger partial charge in [0.15, 0.2) is 17.3 Å². The highest BCUT2D eigenvalue weighted by Gasteiger charge is 2.11. The maximum absolute atomic E-state index is 5.85. The zero-order valence-corrected chi connectivity index (χ0v) is 10.7. The van der Waals surface area contributed by atoms with Crippen LogP contribution in [0.15, 0.2) is 32.3 Å². The van der Waals surface area contributed by atoms with Crippen molar-refractivity contribution in [3.8, 4) is 0 Å². The number of nitrogen functional groups attached to an aromatic ring is 1. The summed E-state index contributed by atoms with van der Waals surface area (Å²) in [5, 5.41) is 7.51. The van der Waals surface area contributed by atoms with Crippen LogP contribution in [0.3, 0.4) is 0 Å². The standard InChI is InChI=1S/C9H7BrClN5O/c10-5-2-1-4(11)3-6(5)14-8(12)7-9(13)16-17-15-7/h1-3H,(H2,12,14)(H2,13,16). The lowest BCUT2D eigenvalue weighted by atomic mass is 10.3. The van der Waals surface area contributed by atoms with Crippen LogP contribution < -0.4 is 11.5 Å². The van der Waals surface area contributed by atoms with Gasteiger partial charge in [-0.2, -0.15) is 0 Å². The highest BCUT2D eigenvalue weighted by Crippen LogP contribution is 2.28. The third kappa shape index (κ3) is 2.56. The van der Waals surface area contributed by atoms with Crippen LogP contribution in [0, 0.1) is 0 Å². The molecule has 0 saturated heterocycles. The van der Waals surface area contributed by atoms with Gasteiger partial charge in [0.1, 0.15) is 0 Å². The van der Waals surface area contributed by atoms with Crippen molar-refractivity contribution in [2.45, 2.75) is 0 Å². The quantitative estimate of drug-likeness (QED) is 0.652. The maximum atomic E-state index is 5.85. The molecule has 0 fully saturated rings. The van der Waals surface area contributed by atoms with Gasteiger partial charge < -0.3 is 11.5 Å². The molecule has 1 aromatic carbocycles. The second-order valence-electron chi connectivity index (χ2n) is 3.09. The Hall–Kier alpha value is -1.60. The molecule has 0 radical (unpaired) electrons. The summed E-state index contributed by atoms with van der Waals surface area (Å²) in [5.41, 5.74) is 12.0. The molecule has 6 nitrogen and oxygen atoms in total. The Morgan fingerprint density at radius 2 is 2.18 bits per heavy atom. The zero-order valence-electron chi connectivity index (χ0n) is 8.39. The summed E-state index contributed by atoms with van der Waals surface area (Å²) < 4.78 is 5.18. The van der Waals surface area contributed by atoms with Crippen molar-refractivity contribution < 1.29 is 4.63 Å². The number of nitrogens with two attached hydrogens (primary N) is 2. The van der Waals surface area contributed by atoms with E-state index in [1.807, 2.05) is 0 Å². The Balaban J connectivity index is 2.43. The summed E-state index contributed by atoms with van der Waals surface area (Å²) in [6, 6.07) is 5.15. The molecule has 1 aromatic heterocycles. The van der Waals surface area contributed by atoms with Gasteiger partial charge >= 0.3 is 0 Å². The predicted octanol–water partition coefficient (Wildman–Crippen LogP) is 2.10. The van der Waals surface area contributed by atoms with Crippen LogP contribution in [-0.2, 0) is 0 Å². The van der Waals surface area contributed by atoms with Crippen molar-refractivity contribution in [2.24, 2.45) is 10.7 Å². The third-order valence-corrected chi connectivity index (χ3v) is 2.81. The molecule has 0 aliphatic rings. The van der Waals surface area contributed by atoms with E-state index in [4.69, 9.17) is 23.1 Å². The normalized spacial score (nSPS) is 11.8. The minimum atomic E-state index is 0.0874. The van der Waals surface area contributed by atoms with Crippen molar-refractivity contribution in [3.05, 3.63) is 33.4 Å². The summed E-state index contributed by atoms with van der Waals surface area (Å²) in [5.74, 6) is 0.191. The van der Waals surface area contributed by atoms with Gasteiger partial charge in [-0.1, -0.05) is 11.6 Å². The Morgan fingerprint density at radius 3 is 2.82 bits per heavy atom. The molecule has 0 unspecified atom stereocenters. The summed E-state index contributed by atoms with van der Waals surface area (Å²) in [6.07, 6.45) is 0. The van der Waals surface area contributed by atoms with Crippen LogP contribution in [-0.4, -0.2) is 16.1 Å². The molecule has 88 valence electrons. The average molecular weight is 317 g/mol. The summed E-state index contributed by atoms with van der Waals surface area (Å²) in [7, 11) is 0. The fourth-order valence-corrected chi connectivity index (χ4v) is 1.63. The van der Waals surface area contributed by atoms with E-state index in [9.17, 15) is 0 Å². The van der Waals surface area contributed by atoms with Gasteiger partial charge in [0.2, 0.25) is 0 Å². The molecule has 0 amide bonds. The molecule has 0 saturated carbocycles. The first-order valence-electron chi connectivity index (χ1n) is 4.45. The second kappa shape index (κ2) is 4.72. The topological polar surface area (TPSA) is 103 Å². The van der Waals surface area contributed by atoms with Crippen molar-refractivity contribution in [1.29, 1.82) is 0 Å². The molecular weight excluding hydrogens is 309 g/mol. The molecule has 1 heterocycles. The minimum absolute atomic E-state index is 0.0874. The molecule has 0 bridgehead atoms. The molecule has 8 heteroatoms. The number of halogens is 2. The van der Waals surface area contributed by atoms with Crippen LogP contribution in [0.1, 0.15) is 5.69 Å². The zero-order chi connectivity index (χ0) is 12.4. The first-order chi connectivity index (χ1) is 8.08. The first kappa shape index (κ1) is 11.9. The highest BCUT2D eigenvalue weighted by atomic mass is 79.9. The molecule has 0 aliphatic heterocycles. The van der Waals surface area contributed by atoms with E-state index in [-0.39, 0.29) is 17.3 Å². The number of amidine groups is 1. The number of hydrogen-bond acceptors (Lipinski definition) is 5. The van der Waals surface area contributed by atoms with Crippen LogP contribution in [0.4, 0.5) is 11.5 Å². The molecule has 0 spiro atoms. The highest BCUT2D eigenvalue weighted by molar-refractivity contribution is 9.10. The predicted molar refractivity (Wildman–Crippen MR) is 68.2 cm³/mol. The number of hydrogen-bond donors (Lipinski definition) is 2. The molecule has 2 rings (SSSR count). The number of nitrogens with zero attached hydrogens (tertiary/aromatic N) is 3. The Kier molecular flexibility index (Phi) is 3.30. The molecule has 2 aromatic rings. The fraction of sp³-hybridized carbons (Fsp3) is 0. The van der Waals surface area contributed by atoms with Gasteiger partial charge in [-0.05, 0) is 44.4 Å². The van der Waals surface area contributed by atoms with E-state index >= 15 is 0 Å². The first-order valence-corrected chi connectivity index (χ1v) is 5.62. The lowest BCUT2D eigenvalue weighted by Crippen LogP contribution is -2.15. The molecular formula is C9H7BrClN5O. The van der Waals surface area contributed by atoms with Gasteiger partial charge in [0.25, 0.3) is 0 Å². The van der Waals surface area contributed by atoms with Crippen LogP contribution in [0.2, 0.25) is 5.02 Å². The number of aromatic nitrogens is 2. The third-order valence-electron chi connectivity index (χ3n) is 1.91. The second-order valence-corrected chi connectivity index (χ2v) is 4.38. The Morgan fingerprint density at radius 1 is 1.41 bits per heavy atom. The number of benzene rings is 1.